The molecule has 0 radical (unpaired) electrons. The molecule has 2 aromatic rings. The normalized spacial score (nSPS) is 20.5. The van der Waals surface area contributed by atoms with Gasteiger partial charge in [-0.25, -0.2) is 0 Å². The molecule has 0 amide bonds. The van der Waals surface area contributed by atoms with Crippen molar-refractivity contribution in [3.63, 3.8) is 0 Å². The Balaban J connectivity index is 1.57. The van der Waals surface area contributed by atoms with E-state index < -0.39 is 0 Å². The lowest BCUT2D eigenvalue weighted by atomic mass is 10.1. The third kappa shape index (κ3) is 4.77. The third-order valence-electron chi connectivity index (χ3n) is 4.26. The van der Waals surface area contributed by atoms with Gasteiger partial charge in [0.05, 0.1) is 6.10 Å². The number of para-hydroxylation sites is 1. The van der Waals surface area contributed by atoms with Crippen LogP contribution in [0.4, 0.5) is 0 Å². The predicted molar refractivity (Wildman–Crippen MR) is 93.8 cm³/mol. The van der Waals surface area contributed by atoms with Gasteiger partial charge in [0.25, 0.3) is 0 Å². The number of aliphatic hydroxyl groups is 1. The summed E-state index contributed by atoms with van der Waals surface area (Å²) in [7, 11) is 2.10. The molecule has 0 saturated carbocycles. The van der Waals surface area contributed by atoms with E-state index in [1.54, 1.807) is 6.20 Å². The molecule has 2 atom stereocenters. The molecule has 0 unspecified atom stereocenters. The first-order valence-electron chi connectivity index (χ1n) is 8.40. The van der Waals surface area contributed by atoms with E-state index in [-0.39, 0.29) is 6.10 Å². The molecule has 5 nitrogen and oxygen atoms in total. The lowest BCUT2D eigenvalue weighted by Gasteiger charge is -2.22. The standard InChI is InChI=1S/C19H25N3O2/c1-22(13-17-9-18(23)11-21-17)12-16-6-2-3-7-19(16)24-14-15-5-4-8-20-10-15/h2-8,10,17-18,21,23H,9,11-14H2,1H3/t17-,18+/m0/s1. The summed E-state index contributed by atoms with van der Waals surface area (Å²) in [4.78, 5) is 6.38. The van der Waals surface area contributed by atoms with Crippen LogP contribution >= 0.6 is 0 Å². The number of nitrogens with zero attached hydrogens (tertiary/aromatic N) is 2. The van der Waals surface area contributed by atoms with Crippen LogP contribution < -0.4 is 10.1 Å². The Labute approximate surface area is 143 Å². The molecule has 0 spiro atoms. The number of aliphatic hydroxyl groups excluding tert-OH is 1. The highest BCUT2D eigenvalue weighted by atomic mass is 16.5. The maximum atomic E-state index is 9.62. The van der Waals surface area contributed by atoms with E-state index in [9.17, 15) is 5.11 Å². The minimum absolute atomic E-state index is 0.210. The molecule has 1 aliphatic heterocycles. The summed E-state index contributed by atoms with van der Waals surface area (Å²) >= 11 is 0. The molecular formula is C19H25N3O2. The van der Waals surface area contributed by atoms with E-state index in [0.717, 1.165) is 30.8 Å². The second-order valence-corrected chi connectivity index (χ2v) is 6.45. The highest BCUT2D eigenvalue weighted by Gasteiger charge is 2.23. The average Bonchev–Trinajstić information content (AvgIpc) is 3.00. The van der Waals surface area contributed by atoms with Crippen LogP contribution in [0.2, 0.25) is 0 Å². The van der Waals surface area contributed by atoms with Gasteiger partial charge in [-0.2, -0.15) is 0 Å². The number of benzene rings is 1. The quantitative estimate of drug-likeness (QED) is 0.812. The van der Waals surface area contributed by atoms with Crippen molar-refractivity contribution in [2.45, 2.75) is 31.7 Å². The summed E-state index contributed by atoms with van der Waals surface area (Å²) in [6, 6.07) is 12.4. The Morgan fingerprint density at radius 2 is 2.17 bits per heavy atom. The topological polar surface area (TPSA) is 57.6 Å². The zero-order valence-electron chi connectivity index (χ0n) is 14.1. The van der Waals surface area contributed by atoms with Gasteiger partial charge >= 0.3 is 0 Å². The van der Waals surface area contributed by atoms with Gasteiger partial charge in [-0.05, 0) is 25.6 Å². The molecule has 1 aromatic carbocycles. The zero-order valence-corrected chi connectivity index (χ0v) is 14.1. The predicted octanol–water partition coefficient (Wildman–Crippen LogP) is 1.82. The number of rotatable bonds is 7. The maximum Gasteiger partial charge on any atom is 0.124 e. The van der Waals surface area contributed by atoms with Gasteiger partial charge in [0.2, 0.25) is 0 Å². The van der Waals surface area contributed by atoms with Crippen LogP contribution in [0.25, 0.3) is 0 Å². The molecule has 5 heteroatoms. The van der Waals surface area contributed by atoms with E-state index in [2.05, 4.69) is 28.3 Å². The van der Waals surface area contributed by atoms with Crippen molar-refractivity contribution >= 4 is 0 Å². The summed E-state index contributed by atoms with van der Waals surface area (Å²) in [6.07, 6.45) is 4.20. The van der Waals surface area contributed by atoms with E-state index >= 15 is 0 Å². The maximum absolute atomic E-state index is 9.62. The van der Waals surface area contributed by atoms with Gasteiger partial charge in [-0.3, -0.25) is 4.98 Å². The molecule has 0 bridgehead atoms. The fraction of sp³-hybridized carbons (Fsp3) is 0.421. The fourth-order valence-corrected chi connectivity index (χ4v) is 3.09. The lowest BCUT2D eigenvalue weighted by molar-refractivity contribution is 0.189. The molecule has 1 saturated heterocycles. The van der Waals surface area contributed by atoms with E-state index in [1.165, 1.54) is 5.56 Å². The number of β-amino-alcohol motifs (C(OH)–C–C–N with tert-alkyl or cyclic N) is 1. The third-order valence-corrected chi connectivity index (χ3v) is 4.26. The Hall–Kier alpha value is -1.95. The Kier molecular flexibility index (Phi) is 5.80. The number of hydrogen-bond acceptors (Lipinski definition) is 5. The molecule has 1 aliphatic rings. The fourth-order valence-electron chi connectivity index (χ4n) is 3.09. The number of pyridine rings is 1. The average molecular weight is 327 g/mol. The first-order valence-corrected chi connectivity index (χ1v) is 8.40. The van der Waals surface area contributed by atoms with E-state index in [4.69, 9.17) is 4.74 Å². The Morgan fingerprint density at radius 3 is 2.92 bits per heavy atom. The van der Waals surface area contributed by atoms with Gasteiger partial charge in [0.15, 0.2) is 0 Å². The van der Waals surface area contributed by atoms with Crippen LogP contribution in [0.1, 0.15) is 17.5 Å². The second-order valence-electron chi connectivity index (χ2n) is 6.45. The van der Waals surface area contributed by atoms with Gasteiger partial charge < -0.3 is 20.1 Å². The van der Waals surface area contributed by atoms with Crippen LogP contribution in [0.5, 0.6) is 5.75 Å². The van der Waals surface area contributed by atoms with Crippen molar-refractivity contribution < 1.29 is 9.84 Å². The lowest BCUT2D eigenvalue weighted by Crippen LogP contribution is -2.35. The highest BCUT2D eigenvalue weighted by Crippen LogP contribution is 2.21. The molecule has 3 rings (SSSR count). The van der Waals surface area contributed by atoms with Crippen molar-refractivity contribution in [2.24, 2.45) is 0 Å². The number of hydrogen-bond donors (Lipinski definition) is 2. The molecule has 24 heavy (non-hydrogen) atoms. The molecule has 2 heterocycles. The molecule has 1 aromatic heterocycles. The Bertz CT molecular complexity index is 636. The SMILES string of the molecule is CN(Cc1ccccc1OCc1cccnc1)C[C@@H]1C[C@@H](O)CN1. The van der Waals surface area contributed by atoms with Gasteiger partial charge in [0.1, 0.15) is 12.4 Å². The smallest absolute Gasteiger partial charge is 0.124 e. The number of nitrogens with one attached hydrogen (secondary N) is 1. The van der Waals surface area contributed by atoms with Crippen molar-refractivity contribution in [1.29, 1.82) is 0 Å². The number of ether oxygens (including phenoxy) is 1. The largest absolute Gasteiger partial charge is 0.489 e. The van der Waals surface area contributed by atoms with Gasteiger partial charge in [-0.15, -0.1) is 0 Å². The molecule has 2 N–H and O–H groups in total. The minimum Gasteiger partial charge on any atom is -0.489 e. The molecular weight excluding hydrogens is 302 g/mol. The van der Waals surface area contributed by atoms with Crippen LogP contribution in [0, 0.1) is 0 Å². The molecule has 128 valence electrons. The minimum atomic E-state index is -0.210. The highest BCUT2D eigenvalue weighted by molar-refractivity contribution is 5.33. The van der Waals surface area contributed by atoms with Crippen molar-refractivity contribution in [1.82, 2.24) is 15.2 Å². The van der Waals surface area contributed by atoms with E-state index in [0.29, 0.717) is 19.2 Å². The number of likely N-dealkylation sites (N-methyl/N-ethyl adjacent to an activating group) is 1. The van der Waals surface area contributed by atoms with Crippen LogP contribution in [0.3, 0.4) is 0 Å². The molecule has 0 aliphatic carbocycles. The van der Waals surface area contributed by atoms with Gasteiger partial charge in [-0.1, -0.05) is 24.3 Å². The van der Waals surface area contributed by atoms with Crippen LogP contribution in [0.15, 0.2) is 48.8 Å². The second kappa shape index (κ2) is 8.24. The van der Waals surface area contributed by atoms with Crippen molar-refractivity contribution in [2.75, 3.05) is 20.1 Å². The summed E-state index contributed by atoms with van der Waals surface area (Å²) in [6.45, 7) is 2.94. The van der Waals surface area contributed by atoms with Crippen molar-refractivity contribution in [3.05, 3.63) is 59.9 Å². The Morgan fingerprint density at radius 1 is 1.29 bits per heavy atom. The summed E-state index contributed by atoms with van der Waals surface area (Å²) in [5, 5.41) is 13.0. The summed E-state index contributed by atoms with van der Waals surface area (Å²) in [5.74, 6) is 0.910. The first kappa shape index (κ1) is 16.9. The zero-order chi connectivity index (χ0) is 16.8. The first-order chi connectivity index (χ1) is 11.7. The van der Waals surface area contributed by atoms with Gasteiger partial charge in [0, 0.05) is 49.2 Å². The molecule has 1 fully saturated rings. The van der Waals surface area contributed by atoms with E-state index in [1.807, 2.05) is 36.5 Å². The summed E-state index contributed by atoms with van der Waals surface area (Å²) < 4.78 is 5.99. The number of aromatic nitrogens is 1. The van der Waals surface area contributed by atoms with Crippen molar-refractivity contribution in [3.8, 4) is 5.75 Å². The summed E-state index contributed by atoms with van der Waals surface area (Å²) in [5.41, 5.74) is 2.23. The van der Waals surface area contributed by atoms with Crippen LogP contribution in [-0.4, -0.2) is 47.3 Å². The monoisotopic (exact) mass is 327 g/mol. The van der Waals surface area contributed by atoms with Crippen LogP contribution in [-0.2, 0) is 13.2 Å².